The van der Waals surface area contributed by atoms with Crippen molar-refractivity contribution in [1.29, 1.82) is 0 Å². The molecule has 6 heteroatoms. The number of hydrogen-bond acceptors (Lipinski definition) is 4. The molecule has 0 atom stereocenters. The summed E-state index contributed by atoms with van der Waals surface area (Å²) in [7, 11) is -3.31. The average Bonchev–Trinajstić information content (AvgIpc) is 3.01. The molecule has 0 aromatic heterocycles. The molecule has 0 heterocycles. The Morgan fingerprint density at radius 1 is 1.20 bits per heavy atom. The molecule has 0 spiro atoms. The summed E-state index contributed by atoms with van der Waals surface area (Å²) in [4.78, 5) is 0. The molecule has 1 aromatic carbocycles. The molecule has 0 unspecified atom stereocenters. The van der Waals surface area contributed by atoms with Gasteiger partial charge >= 0.3 is 0 Å². The lowest BCUT2D eigenvalue weighted by molar-refractivity contribution is 0.123. The third-order valence-corrected chi connectivity index (χ3v) is 3.09. The van der Waals surface area contributed by atoms with Gasteiger partial charge in [-0.1, -0.05) is 0 Å². The van der Waals surface area contributed by atoms with E-state index < -0.39 is 10.0 Å². The van der Waals surface area contributed by atoms with Crippen LogP contribution in [0.2, 0.25) is 0 Å². The van der Waals surface area contributed by atoms with Gasteiger partial charge in [0.05, 0.1) is 18.0 Å². The molecule has 0 radical (unpaired) electrons. The van der Waals surface area contributed by atoms with Gasteiger partial charge in [0.1, 0.15) is 5.60 Å². The zero-order valence-electron chi connectivity index (χ0n) is 12.3. The van der Waals surface area contributed by atoms with Crippen LogP contribution in [-0.4, -0.2) is 26.4 Å². The first-order valence-electron chi connectivity index (χ1n) is 6.60. The smallest absolute Gasteiger partial charge is 0.229 e. The quantitative estimate of drug-likeness (QED) is 0.908. The standard InChI is InChI=1S/C14H21NO4S/c1-14(2,3)19-13-9-10(15-20(4,16)17)5-8-12(13)18-11-6-7-11/h5,8-9,11,15H,6-7H2,1-4H3. The normalized spacial score (nSPS) is 15.8. The molecule has 1 aliphatic rings. The van der Waals surface area contributed by atoms with E-state index >= 15 is 0 Å². The van der Waals surface area contributed by atoms with E-state index in [0.29, 0.717) is 17.2 Å². The highest BCUT2D eigenvalue weighted by atomic mass is 32.2. The summed E-state index contributed by atoms with van der Waals surface area (Å²) >= 11 is 0. The third kappa shape index (κ3) is 4.92. The Morgan fingerprint density at radius 2 is 1.85 bits per heavy atom. The fourth-order valence-electron chi connectivity index (χ4n) is 1.66. The number of rotatable bonds is 5. The highest BCUT2D eigenvalue weighted by molar-refractivity contribution is 7.92. The molecule has 2 rings (SSSR count). The van der Waals surface area contributed by atoms with Crippen molar-refractivity contribution in [3.05, 3.63) is 18.2 Å². The van der Waals surface area contributed by atoms with Gasteiger partial charge in [-0.15, -0.1) is 0 Å². The molecular weight excluding hydrogens is 278 g/mol. The van der Waals surface area contributed by atoms with Gasteiger partial charge in [0.15, 0.2) is 11.5 Å². The monoisotopic (exact) mass is 299 g/mol. The molecule has 1 fully saturated rings. The highest BCUT2D eigenvalue weighted by Gasteiger charge is 2.26. The van der Waals surface area contributed by atoms with Crippen molar-refractivity contribution < 1.29 is 17.9 Å². The average molecular weight is 299 g/mol. The van der Waals surface area contributed by atoms with E-state index in [4.69, 9.17) is 9.47 Å². The minimum absolute atomic E-state index is 0.256. The molecule has 20 heavy (non-hydrogen) atoms. The summed E-state index contributed by atoms with van der Waals surface area (Å²) < 4.78 is 36.7. The predicted octanol–water partition coefficient (Wildman–Crippen LogP) is 2.78. The van der Waals surface area contributed by atoms with Gasteiger partial charge in [-0.2, -0.15) is 0 Å². The highest BCUT2D eigenvalue weighted by Crippen LogP contribution is 2.37. The third-order valence-electron chi connectivity index (χ3n) is 2.48. The molecule has 1 aromatic rings. The Morgan fingerprint density at radius 3 is 2.35 bits per heavy atom. The lowest BCUT2D eigenvalue weighted by atomic mass is 10.2. The largest absolute Gasteiger partial charge is 0.487 e. The molecule has 0 saturated heterocycles. The molecule has 1 aliphatic carbocycles. The molecule has 5 nitrogen and oxygen atoms in total. The number of hydrogen-bond donors (Lipinski definition) is 1. The van der Waals surface area contributed by atoms with Crippen molar-refractivity contribution in [2.45, 2.75) is 45.3 Å². The lowest BCUT2D eigenvalue weighted by Gasteiger charge is -2.23. The number of benzene rings is 1. The van der Waals surface area contributed by atoms with Gasteiger partial charge in [-0.3, -0.25) is 4.72 Å². The SMILES string of the molecule is CC(C)(C)Oc1cc(NS(C)(=O)=O)ccc1OC1CC1. The van der Waals surface area contributed by atoms with Crippen LogP contribution in [0.3, 0.4) is 0 Å². The molecule has 0 aliphatic heterocycles. The van der Waals surface area contributed by atoms with Crippen LogP contribution in [0.15, 0.2) is 18.2 Å². The van der Waals surface area contributed by atoms with Crippen molar-refractivity contribution in [2.24, 2.45) is 0 Å². The molecule has 112 valence electrons. The maximum atomic E-state index is 11.3. The van der Waals surface area contributed by atoms with Gasteiger partial charge in [-0.05, 0) is 45.7 Å². The van der Waals surface area contributed by atoms with Crippen LogP contribution < -0.4 is 14.2 Å². The van der Waals surface area contributed by atoms with Crippen molar-refractivity contribution in [3.8, 4) is 11.5 Å². The van der Waals surface area contributed by atoms with E-state index in [9.17, 15) is 8.42 Å². The number of sulfonamides is 1. The summed E-state index contributed by atoms with van der Waals surface area (Å²) in [6.45, 7) is 5.81. The van der Waals surface area contributed by atoms with Crippen molar-refractivity contribution in [3.63, 3.8) is 0 Å². The Bertz CT molecular complexity index is 586. The van der Waals surface area contributed by atoms with Crippen molar-refractivity contribution >= 4 is 15.7 Å². The summed E-state index contributed by atoms with van der Waals surface area (Å²) in [5.41, 5.74) is 0.0839. The van der Waals surface area contributed by atoms with Gasteiger partial charge < -0.3 is 9.47 Å². The second-order valence-corrected chi connectivity index (χ2v) is 7.82. The fourth-order valence-corrected chi connectivity index (χ4v) is 2.21. The first kappa shape index (κ1) is 15.0. The second kappa shape index (κ2) is 5.16. The zero-order chi connectivity index (χ0) is 15.0. The molecule has 0 bridgehead atoms. The predicted molar refractivity (Wildman–Crippen MR) is 78.9 cm³/mol. The number of anilines is 1. The van der Waals surface area contributed by atoms with Crippen LogP contribution in [0.5, 0.6) is 11.5 Å². The van der Waals surface area contributed by atoms with Crippen molar-refractivity contribution in [1.82, 2.24) is 0 Å². The summed E-state index contributed by atoms with van der Waals surface area (Å²) in [5, 5.41) is 0. The van der Waals surface area contributed by atoms with Gasteiger partial charge in [0, 0.05) is 6.07 Å². The molecule has 1 N–H and O–H groups in total. The van der Waals surface area contributed by atoms with E-state index in [2.05, 4.69) is 4.72 Å². The molecular formula is C14H21NO4S. The summed E-state index contributed by atoms with van der Waals surface area (Å²) in [6.07, 6.45) is 3.48. The van der Waals surface area contributed by atoms with Crippen LogP contribution in [-0.2, 0) is 10.0 Å². The Hall–Kier alpha value is -1.43. The minimum atomic E-state index is -3.31. The molecule has 1 saturated carbocycles. The maximum Gasteiger partial charge on any atom is 0.229 e. The Balaban J connectivity index is 2.27. The topological polar surface area (TPSA) is 64.6 Å². The first-order chi connectivity index (χ1) is 9.12. The van der Waals surface area contributed by atoms with Gasteiger partial charge in [-0.25, -0.2) is 8.42 Å². The summed E-state index contributed by atoms with van der Waals surface area (Å²) in [6, 6.07) is 5.07. The van der Waals surface area contributed by atoms with E-state index in [1.54, 1.807) is 18.2 Å². The van der Waals surface area contributed by atoms with Gasteiger partial charge in [0.2, 0.25) is 10.0 Å². The second-order valence-electron chi connectivity index (χ2n) is 6.07. The minimum Gasteiger partial charge on any atom is -0.487 e. The molecule has 0 amide bonds. The van der Waals surface area contributed by atoms with Crippen LogP contribution in [0.4, 0.5) is 5.69 Å². The number of ether oxygens (including phenoxy) is 2. The first-order valence-corrected chi connectivity index (χ1v) is 8.49. The van der Waals surface area contributed by atoms with Crippen LogP contribution in [0.1, 0.15) is 33.6 Å². The number of nitrogens with one attached hydrogen (secondary N) is 1. The van der Waals surface area contributed by atoms with E-state index in [-0.39, 0.29) is 11.7 Å². The fraction of sp³-hybridized carbons (Fsp3) is 0.571. The van der Waals surface area contributed by atoms with Crippen molar-refractivity contribution in [2.75, 3.05) is 11.0 Å². The van der Waals surface area contributed by atoms with E-state index in [1.165, 1.54) is 0 Å². The zero-order valence-corrected chi connectivity index (χ0v) is 13.1. The van der Waals surface area contributed by atoms with E-state index in [0.717, 1.165) is 19.1 Å². The summed E-state index contributed by atoms with van der Waals surface area (Å²) in [5.74, 6) is 1.21. The Labute approximate surface area is 120 Å². The van der Waals surface area contributed by atoms with Crippen LogP contribution in [0.25, 0.3) is 0 Å². The van der Waals surface area contributed by atoms with Crippen LogP contribution in [0, 0.1) is 0 Å². The lowest BCUT2D eigenvalue weighted by Crippen LogP contribution is -2.23. The maximum absolute atomic E-state index is 11.3. The van der Waals surface area contributed by atoms with Gasteiger partial charge in [0.25, 0.3) is 0 Å². The Kier molecular flexibility index (Phi) is 3.86. The van der Waals surface area contributed by atoms with Crippen LogP contribution >= 0.6 is 0 Å². The van der Waals surface area contributed by atoms with E-state index in [1.807, 2.05) is 20.8 Å².